The predicted octanol–water partition coefficient (Wildman–Crippen LogP) is 7.91. The van der Waals surface area contributed by atoms with Gasteiger partial charge >= 0.3 is 5.97 Å². The normalized spacial score (nSPS) is 19.8. The maximum absolute atomic E-state index is 15.1. The summed E-state index contributed by atoms with van der Waals surface area (Å²) in [6.07, 6.45) is 0.610. The minimum absolute atomic E-state index is 0.0663. The third kappa shape index (κ3) is 8.07. The van der Waals surface area contributed by atoms with Gasteiger partial charge in [-0.15, -0.1) is 0 Å². The molecule has 3 N–H and O–H groups in total. The third-order valence-corrected chi connectivity index (χ3v) is 7.55. The number of nitrogens with zero attached hydrogens (tertiary/aromatic N) is 1. The van der Waals surface area contributed by atoms with Gasteiger partial charge in [0.1, 0.15) is 11.6 Å². The second-order valence-corrected chi connectivity index (χ2v) is 12.4. The molecule has 3 aromatic rings. The molecule has 3 unspecified atom stereocenters. The van der Waals surface area contributed by atoms with Gasteiger partial charge in [-0.25, -0.2) is 13.6 Å². The largest absolute Gasteiger partial charge is 0.478 e. The highest BCUT2D eigenvalue weighted by Gasteiger charge is 2.49. The Hall–Kier alpha value is -3.51. The molecular formula is C32H33Cl2F2N3O3. The summed E-state index contributed by atoms with van der Waals surface area (Å²) in [5.74, 6) is -3.81. The lowest BCUT2D eigenvalue weighted by Crippen LogP contribution is -2.42. The molecule has 4 atom stereocenters. The minimum Gasteiger partial charge on any atom is -0.478 e. The molecule has 1 saturated heterocycles. The first-order valence-electron chi connectivity index (χ1n) is 13.3. The number of carbonyl (C=O) groups excluding carboxylic acids is 1. The number of aryl methyl sites for hydroxylation is 2. The van der Waals surface area contributed by atoms with Crippen LogP contribution in [0.5, 0.6) is 0 Å². The monoisotopic (exact) mass is 615 g/mol. The Kier molecular flexibility index (Phi) is 10.7. The number of anilines is 1. The van der Waals surface area contributed by atoms with Gasteiger partial charge in [0.2, 0.25) is 5.91 Å². The molecule has 1 amide bonds. The van der Waals surface area contributed by atoms with Crippen molar-refractivity contribution in [1.82, 2.24) is 5.32 Å². The lowest BCUT2D eigenvalue weighted by Gasteiger charge is -2.25. The predicted molar refractivity (Wildman–Crippen MR) is 161 cm³/mol. The molecule has 0 bridgehead atoms. The van der Waals surface area contributed by atoms with E-state index in [9.17, 15) is 24.3 Å². The molecule has 3 aromatic carbocycles. The van der Waals surface area contributed by atoms with E-state index in [0.29, 0.717) is 28.3 Å². The van der Waals surface area contributed by atoms with Crippen molar-refractivity contribution < 1.29 is 23.5 Å². The Bertz CT molecular complexity index is 1500. The molecule has 1 fully saturated rings. The molecule has 0 radical (unpaired) electrons. The highest BCUT2D eigenvalue weighted by molar-refractivity contribution is 6.31. The smallest absolute Gasteiger partial charge is 0.335 e. The van der Waals surface area contributed by atoms with Crippen LogP contribution in [-0.4, -0.2) is 29.1 Å². The number of benzene rings is 3. The fraction of sp³-hybridized carbons (Fsp3) is 0.344. The molecule has 10 heteroatoms. The molecule has 1 heterocycles. The standard InChI is InChI=1S/C26H29ClFN3O3.C6H4ClF/c1-13-10-19(14(2)9-16(13)25(33)34)31-24(32)23-21(15-7-6-8-18(27)22(15)28)17(12-29)20(30-23)11-26(3,4)5;7-5-2-1-3-6(8)4-5/h6-10,17,20-21,23,30H,11H2,1-5H3,(H,31,32)(H,33,34);1-4H/t17?,20?,21?,23-;/m1./s1. The summed E-state index contributed by atoms with van der Waals surface area (Å²) >= 11 is 11.4. The number of hydrogen-bond acceptors (Lipinski definition) is 4. The van der Waals surface area contributed by atoms with Crippen LogP contribution in [0.25, 0.3) is 0 Å². The van der Waals surface area contributed by atoms with Crippen molar-refractivity contribution in [2.24, 2.45) is 11.3 Å². The maximum atomic E-state index is 15.1. The summed E-state index contributed by atoms with van der Waals surface area (Å²) in [5, 5.41) is 25.9. The van der Waals surface area contributed by atoms with Crippen molar-refractivity contribution in [3.63, 3.8) is 0 Å². The average Bonchev–Trinajstić information content (AvgIpc) is 3.24. The van der Waals surface area contributed by atoms with Crippen LogP contribution in [0.15, 0.2) is 54.6 Å². The molecule has 0 aromatic heterocycles. The number of aromatic carboxylic acids is 1. The SMILES string of the molecule is Cc1cc(C(=O)O)c(C)cc1NC(=O)[C@@H]1NC(CC(C)(C)C)C(C#N)C1c1cccc(Cl)c1F.Fc1cccc(Cl)c1. The van der Waals surface area contributed by atoms with E-state index >= 15 is 4.39 Å². The quantitative estimate of drug-likeness (QED) is 0.270. The summed E-state index contributed by atoms with van der Waals surface area (Å²) in [6, 6.07) is 14.6. The van der Waals surface area contributed by atoms with E-state index in [2.05, 4.69) is 16.7 Å². The van der Waals surface area contributed by atoms with Gasteiger partial charge in [-0.3, -0.25) is 4.79 Å². The first kappa shape index (κ1) is 33.0. The fourth-order valence-corrected chi connectivity index (χ4v) is 5.51. The van der Waals surface area contributed by atoms with E-state index < -0.39 is 35.6 Å². The number of halogens is 4. The number of nitrogens with one attached hydrogen (secondary N) is 2. The van der Waals surface area contributed by atoms with Gasteiger partial charge in [0.05, 0.1) is 28.6 Å². The Balaban J connectivity index is 0.000000521. The molecule has 0 saturated carbocycles. The molecule has 42 heavy (non-hydrogen) atoms. The van der Waals surface area contributed by atoms with Crippen LogP contribution in [0.4, 0.5) is 14.5 Å². The van der Waals surface area contributed by atoms with Gasteiger partial charge in [0, 0.05) is 22.7 Å². The summed E-state index contributed by atoms with van der Waals surface area (Å²) in [7, 11) is 0. The number of carboxylic acid groups (broad SMARTS) is 1. The van der Waals surface area contributed by atoms with Gasteiger partial charge in [-0.1, -0.05) is 62.2 Å². The summed E-state index contributed by atoms with van der Waals surface area (Å²) < 4.78 is 27.2. The zero-order valence-electron chi connectivity index (χ0n) is 23.9. The van der Waals surface area contributed by atoms with Crippen LogP contribution < -0.4 is 10.6 Å². The Morgan fingerprint density at radius 2 is 1.71 bits per heavy atom. The first-order valence-corrected chi connectivity index (χ1v) is 14.0. The van der Waals surface area contributed by atoms with Crippen LogP contribution in [0.1, 0.15) is 60.2 Å². The molecule has 4 rings (SSSR count). The van der Waals surface area contributed by atoms with Crippen LogP contribution in [0.2, 0.25) is 10.0 Å². The van der Waals surface area contributed by atoms with Crippen LogP contribution >= 0.6 is 23.2 Å². The van der Waals surface area contributed by atoms with Crippen LogP contribution in [-0.2, 0) is 4.79 Å². The molecule has 0 aliphatic carbocycles. The van der Waals surface area contributed by atoms with Gasteiger partial charge in [-0.2, -0.15) is 5.26 Å². The van der Waals surface area contributed by atoms with Crippen LogP contribution in [0.3, 0.4) is 0 Å². The molecule has 0 spiro atoms. The first-order chi connectivity index (χ1) is 19.6. The van der Waals surface area contributed by atoms with E-state index in [0.717, 1.165) is 0 Å². The fourth-order valence-electron chi connectivity index (χ4n) is 5.15. The summed E-state index contributed by atoms with van der Waals surface area (Å²) in [4.78, 5) is 24.9. The lowest BCUT2D eigenvalue weighted by atomic mass is 9.77. The zero-order valence-corrected chi connectivity index (χ0v) is 25.4. The average molecular weight is 617 g/mol. The molecule has 1 aliphatic heterocycles. The van der Waals surface area contributed by atoms with E-state index in [1.807, 2.05) is 20.8 Å². The van der Waals surface area contributed by atoms with Gasteiger partial charge in [-0.05, 0) is 78.8 Å². The zero-order chi connectivity index (χ0) is 31.4. The minimum atomic E-state index is -1.05. The molecule has 6 nitrogen and oxygen atoms in total. The highest BCUT2D eigenvalue weighted by Crippen LogP contribution is 2.42. The summed E-state index contributed by atoms with van der Waals surface area (Å²) in [6.45, 7) is 9.49. The van der Waals surface area contributed by atoms with Crippen molar-refractivity contribution >= 4 is 40.8 Å². The number of rotatable bonds is 5. The van der Waals surface area contributed by atoms with Crippen molar-refractivity contribution in [2.75, 3.05) is 5.32 Å². The number of carbonyl (C=O) groups is 2. The second-order valence-electron chi connectivity index (χ2n) is 11.6. The van der Waals surface area contributed by atoms with Crippen LogP contribution in [0, 0.1) is 48.1 Å². The van der Waals surface area contributed by atoms with E-state index in [1.54, 1.807) is 44.2 Å². The van der Waals surface area contributed by atoms with E-state index in [-0.39, 0.29) is 33.4 Å². The third-order valence-electron chi connectivity index (χ3n) is 7.02. The number of amides is 1. The highest BCUT2D eigenvalue weighted by atomic mass is 35.5. The molecule has 1 aliphatic rings. The van der Waals surface area contributed by atoms with E-state index in [1.165, 1.54) is 24.3 Å². The maximum Gasteiger partial charge on any atom is 0.335 e. The second kappa shape index (κ2) is 13.6. The van der Waals surface area contributed by atoms with Crippen molar-refractivity contribution in [3.05, 3.63) is 98.5 Å². The van der Waals surface area contributed by atoms with Gasteiger partial charge in [0.25, 0.3) is 0 Å². The van der Waals surface area contributed by atoms with Crippen molar-refractivity contribution in [2.45, 2.75) is 59.0 Å². The van der Waals surface area contributed by atoms with Gasteiger partial charge in [0.15, 0.2) is 0 Å². The van der Waals surface area contributed by atoms with Crippen molar-refractivity contribution in [3.8, 4) is 6.07 Å². The van der Waals surface area contributed by atoms with E-state index in [4.69, 9.17) is 23.2 Å². The Morgan fingerprint density at radius 3 is 2.26 bits per heavy atom. The topological polar surface area (TPSA) is 102 Å². The lowest BCUT2D eigenvalue weighted by molar-refractivity contribution is -0.118. The number of carboxylic acids is 1. The summed E-state index contributed by atoms with van der Waals surface area (Å²) in [5.41, 5.74) is 1.80. The number of nitriles is 1. The van der Waals surface area contributed by atoms with Gasteiger partial charge < -0.3 is 15.7 Å². The molecular weight excluding hydrogens is 583 g/mol. The Morgan fingerprint density at radius 1 is 1.05 bits per heavy atom. The number of hydrogen-bond donors (Lipinski definition) is 3. The Labute approximate surface area is 254 Å². The molecule has 222 valence electrons. The van der Waals surface area contributed by atoms with Crippen molar-refractivity contribution in [1.29, 1.82) is 5.26 Å².